The van der Waals surface area contributed by atoms with Crippen LogP contribution in [0.1, 0.15) is 25.7 Å². The normalized spacial score (nSPS) is 21.2. The largest absolute Gasteiger partial charge is 0.356 e. The fourth-order valence-electron chi connectivity index (χ4n) is 1.60. The number of nitrogens with one attached hydrogen (secondary N) is 2. The van der Waals surface area contributed by atoms with Gasteiger partial charge < -0.3 is 10.6 Å². The number of unbranched alkanes of at least 4 members (excludes halogenated alkanes) is 1. The van der Waals surface area contributed by atoms with Crippen molar-refractivity contribution in [1.82, 2.24) is 10.6 Å². The zero-order chi connectivity index (χ0) is 10.2. The van der Waals surface area contributed by atoms with E-state index in [0.717, 1.165) is 32.4 Å². The molecule has 1 rings (SSSR count). The molecule has 1 fully saturated rings. The highest BCUT2D eigenvalue weighted by atomic mass is 16.1. The summed E-state index contributed by atoms with van der Waals surface area (Å²) in [6.07, 6.45) is 3.33. The molecule has 2 N–H and O–H groups in total. The Morgan fingerprint density at radius 2 is 2.50 bits per heavy atom. The molecule has 1 saturated heterocycles. The van der Waals surface area contributed by atoms with Crippen LogP contribution < -0.4 is 10.6 Å². The summed E-state index contributed by atoms with van der Waals surface area (Å²) >= 11 is 0. The number of hydrogen-bond acceptors (Lipinski definition) is 3. The third-order valence-corrected chi connectivity index (χ3v) is 2.43. The van der Waals surface area contributed by atoms with Gasteiger partial charge >= 0.3 is 0 Å². The Balaban J connectivity index is 2.11. The summed E-state index contributed by atoms with van der Waals surface area (Å²) in [6.45, 7) is 2.45. The van der Waals surface area contributed by atoms with Crippen molar-refractivity contribution >= 4 is 5.91 Å². The molecule has 0 aliphatic carbocycles. The fourth-order valence-corrected chi connectivity index (χ4v) is 1.60. The van der Waals surface area contributed by atoms with Crippen LogP contribution in [0.25, 0.3) is 0 Å². The van der Waals surface area contributed by atoms with Crippen LogP contribution in [0, 0.1) is 17.2 Å². The van der Waals surface area contributed by atoms with Crippen molar-refractivity contribution in [1.29, 1.82) is 5.26 Å². The van der Waals surface area contributed by atoms with Gasteiger partial charge in [-0.15, -0.1) is 0 Å². The van der Waals surface area contributed by atoms with Crippen molar-refractivity contribution in [3.8, 4) is 6.07 Å². The summed E-state index contributed by atoms with van der Waals surface area (Å²) in [5, 5.41) is 14.4. The first-order valence-electron chi connectivity index (χ1n) is 5.20. The highest BCUT2D eigenvalue weighted by Gasteiger charge is 2.19. The zero-order valence-corrected chi connectivity index (χ0v) is 8.38. The SMILES string of the molecule is N#CCCCNC(=O)C1CCCNC1. The molecule has 0 spiro atoms. The van der Waals surface area contributed by atoms with Crippen molar-refractivity contribution in [2.24, 2.45) is 5.92 Å². The Morgan fingerprint density at radius 1 is 1.64 bits per heavy atom. The molecule has 1 unspecified atom stereocenters. The Labute approximate surface area is 84.7 Å². The standard InChI is InChI=1S/C10H17N3O/c11-5-1-2-7-13-10(14)9-4-3-6-12-8-9/h9,12H,1-4,6-8H2,(H,13,14). The van der Waals surface area contributed by atoms with Gasteiger partial charge in [0.25, 0.3) is 0 Å². The Kier molecular flexibility index (Phi) is 5.02. The number of hydrogen-bond donors (Lipinski definition) is 2. The van der Waals surface area contributed by atoms with E-state index in [1.165, 1.54) is 0 Å². The molecule has 0 aromatic heterocycles. The van der Waals surface area contributed by atoms with Crippen LogP contribution >= 0.6 is 0 Å². The summed E-state index contributed by atoms with van der Waals surface area (Å²) in [7, 11) is 0. The molecule has 0 aromatic rings. The predicted octanol–water partition coefficient (Wildman–Crippen LogP) is 0.406. The lowest BCUT2D eigenvalue weighted by Gasteiger charge is -2.21. The van der Waals surface area contributed by atoms with Crippen molar-refractivity contribution in [2.75, 3.05) is 19.6 Å². The molecule has 1 atom stereocenters. The van der Waals surface area contributed by atoms with Gasteiger partial charge in [-0.1, -0.05) is 0 Å². The lowest BCUT2D eigenvalue weighted by Crippen LogP contribution is -2.40. The number of amides is 1. The zero-order valence-electron chi connectivity index (χ0n) is 8.38. The molecular weight excluding hydrogens is 178 g/mol. The van der Waals surface area contributed by atoms with Crippen LogP contribution in [0.2, 0.25) is 0 Å². The summed E-state index contributed by atoms with van der Waals surface area (Å²) in [5.41, 5.74) is 0. The van der Waals surface area contributed by atoms with Gasteiger partial charge in [0.1, 0.15) is 0 Å². The van der Waals surface area contributed by atoms with Gasteiger partial charge in [0.15, 0.2) is 0 Å². The highest BCUT2D eigenvalue weighted by Crippen LogP contribution is 2.09. The fraction of sp³-hybridized carbons (Fsp3) is 0.800. The number of carbonyl (C=O) groups excluding carboxylic acids is 1. The minimum Gasteiger partial charge on any atom is -0.356 e. The molecule has 0 aromatic carbocycles. The maximum Gasteiger partial charge on any atom is 0.224 e. The second-order valence-corrected chi connectivity index (χ2v) is 3.60. The first kappa shape index (κ1) is 11.0. The molecule has 0 radical (unpaired) electrons. The lowest BCUT2D eigenvalue weighted by molar-refractivity contribution is -0.125. The van der Waals surface area contributed by atoms with E-state index in [2.05, 4.69) is 16.7 Å². The van der Waals surface area contributed by atoms with E-state index in [1.54, 1.807) is 0 Å². The Hall–Kier alpha value is -1.08. The second-order valence-electron chi connectivity index (χ2n) is 3.60. The highest BCUT2D eigenvalue weighted by molar-refractivity contribution is 5.78. The molecule has 0 bridgehead atoms. The molecule has 1 aliphatic rings. The molecule has 4 nitrogen and oxygen atoms in total. The van der Waals surface area contributed by atoms with E-state index in [4.69, 9.17) is 5.26 Å². The molecule has 1 heterocycles. The van der Waals surface area contributed by atoms with Crippen molar-refractivity contribution < 1.29 is 4.79 Å². The number of nitriles is 1. The molecule has 78 valence electrons. The number of rotatable bonds is 4. The van der Waals surface area contributed by atoms with Crippen LogP contribution in [0.3, 0.4) is 0 Å². The first-order valence-corrected chi connectivity index (χ1v) is 5.20. The maximum absolute atomic E-state index is 11.5. The smallest absolute Gasteiger partial charge is 0.224 e. The average Bonchev–Trinajstić information content (AvgIpc) is 2.25. The lowest BCUT2D eigenvalue weighted by atomic mass is 9.99. The van der Waals surface area contributed by atoms with E-state index in [1.807, 2.05) is 0 Å². The van der Waals surface area contributed by atoms with E-state index in [9.17, 15) is 4.79 Å². The average molecular weight is 195 g/mol. The monoisotopic (exact) mass is 195 g/mol. The number of piperidine rings is 1. The van der Waals surface area contributed by atoms with Gasteiger partial charge in [-0.2, -0.15) is 5.26 Å². The Morgan fingerprint density at radius 3 is 3.14 bits per heavy atom. The van der Waals surface area contributed by atoms with Crippen LogP contribution in [-0.2, 0) is 4.79 Å². The summed E-state index contributed by atoms with van der Waals surface area (Å²) in [4.78, 5) is 11.5. The third-order valence-electron chi connectivity index (χ3n) is 2.43. The third kappa shape index (κ3) is 3.75. The minimum atomic E-state index is 0.130. The van der Waals surface area contributed by atoms with Gasteiger partial charge in [-0.25, -0.2) is 0 Å². The summed E-state index contributed by atoms with van der Waals surface area (Å²) < 4.78 is 0. The van der Waals surface area contributed by atoms with E-state index in [0.29, 0.717) is 13.0 Å². The van der Waals surface area contributed by atoms with Gasteiger partial charge in [0, 0.05) is 19.5 Å². The summed E-state index contributed by atoms with van der Waals surface area (Å²) in [6, 6.07) is 2.06. The van der Waals surface area contributed by atoms with Crippen LogP contribution in [-0.4, -0.2) is 25.5 Å². The Bertz CT molecular complexity index is 216. The van der Waals surface area contributed by atoms with Gasteiger partial charge in [-0.3, -0.25) is 4.79 Å². The molecule has 14 heavy (non-hydrogen) atoms. The number of nitrogens with zero attached hydrogens (tertiary/aromatic N) is 1. The minimum absolute atomic E-state index is 0.130. The van der Waals surface area contributed by atoms with Crippen molar-refractivity contribution in [3.63, 3.8) is 0 Å². The molecule has 1 amide bonds. The molecular formula is C10H17N3O. The quantitative estimate of drug-likeness (QED) is 0.638. The summed E-state index contributed by atoms with van der Waals surface area (Å²) in [5.74, 6) is 0.265. The van der Waals surface area contributed by atoms with Crippen LogP contribution in [0.4, 0.5) is 0 Å². The van der Waals surface area contributed by atoms with Crippen molar-refractivity contribution in [2.45, 2.75) is 25.7 Å². The van der Waals surface area contributed by atoms with Gasteiger partial charge in [0.05, 0.1) is 12.0 Å². The number of carbonyl (C=O) groups is 1. The van der Waals surface area contributed by atoms with Crippen molar-refractivity contribution in [3.05, 3.63) is 0 Å². The predicted molar refractivity (Wildman–Crippen MR) is 53.5 cm³/mol. The molecule has 4 heteroatoms. The van der Waals surface area contributed by atoms with Gasteiger partial charge in [0.2, 0.25) is 5.91 Å². The van der Waals surface area contributed by atoms with E-state index in [-0.39, 0.29) is 11.8 Å². The molecule has 1 aliphatic heterocycles. The molecule has 0 saturated carbocycles. The van der Waals surface area contributed by atoms with Gasteiger partial charge in [-0.05, 0) is 25.8 Å². The topological polar surface area (TPSA) is 64.9 Å². The van der Waals surface area contributed by atoms with E-state index >= 15 is 0 Å². The van der Waals surface area contributed by atoms with Crippen LogP contribution in [0.5, 0.6) is 0 Å². The first-order chi connectivity index (χ1) is 6.84. The van der Waals surface area contributed by atoms with Crippen LogP contribution in [0.15, 0.2) is 0 Å². The second kappa shape index (κ2) is 6.39. The van der Waals surface area contributed by atoms with E-state index < -0.39 is 0 Å². The maximum atomic E-state index is 11.5.